The number of halogens is 2. The van der Waals surface area contributed by atoms with Crippen LogP contribution in [-0.2, 0) is 22.6 Å². The summed E-state index contributed by atoms with van der Waals surface area (Å²) in [6.07, 6.45) is 0.302. The van der Waals surface area contributed by atoms with E-state index >= 15 is 0 Å². The molecule has 0 spiro atoms. The Hall–Kier alpha value is -2.94. The predicted octanol–water partition coefficient (Wildman–Crippen LogP) is 4.59. The molecular formula is C26H26FIN2O3. The first-order valence-electron chi connectivity index (χ1n) is 10.7. The Morgan fingerprint density at radius 3 is 2.33 bits per heavy atom. The van der Waals surface area contributed by atoms with E-state index in [0.717, 1.165) is 9.13 Å². The lowest BCUT2D eigenvalue weighted by atomic mass is 10.0. The third-order valence-corrected chi connectivity index (χ3v) is 5.82. The van der Waals surface area contributed by atoms with Crippen LogP contribution in [0, 0.1) is 9.39 Å². The number of nitrogens with one attached hydrogen (secondary N) is 1. The number of likely N-dealkylation sites (N-methyl/N-ethyl adjacent to an activating group) is 1. The minimum Gasteiger partial charge on any atom is -0.484 e. The maximum Gasteiger partial charge on any atom is 0.261 e. The first kappa shape index (κ1) is 24.7. The molecule has 3 aromatic carbocycles. The van der Waals surface area contributed by atoms with Gasteiger partial charge in [0.15, 0.2) is 6.61 Å². The molecule has 1 atom stereocenters. The number of hydrogen-bond donors (Lipinski definition) is 1. The second kappa shape index (κ2) is 12.3. The van der Waals surface area contributed by atoms with Gasteiger partial charge in [-0.25, -0.2) is 4.39 Å². The van der Waals surface area contributed by atoms with Gasteiger partial charge in [-0.1, -0.05) is 48.5 Å². The van der Waals surface area contributed by atoms with Crippen LogP contribution in [0.3, 0.4) is 0 Å². The number of carbonyl (C=O) groups excluding carboxylic acids is 2. The predicted molar refractivity (Wildman–Crippen MR) is 134 cm³/mol. The zero-order valence-electron chi connectivity index (χ0n) is 18.3. The van der Waals surface area contributed by atoms with Crippen LogP contribution in [-0.4, -0.2) is 35.9 Å². The van der Waals surface area contributed by atoms with Crippen molar-refractivity contribution < 1.29 is 18.7 Å². The molecule has 0 aromatic heterocycles. The molecule has 0 aliphatic rings. The summed E-state index contributed by atoms with van der Waals surface area (Å²) in [5.74, 6) is -0.570. The summed E-state index contributed by atoms with van der Waals surface area (Å²) in [6.45, 7) is 1.93. The highest BCUT2D eigenvalue weighted by molar-refractivity contribution is 14.1. The van der Waals surface area contributed by atoms with E-state index in [1.807, 2.05) is 49.4 Å². The smallest absolute Gasteiger partial charge is 0.261 e. The molecule has 0 fully saturated rings. The Balaban J connectivity index is 1.89. The zero-order chi connectivity index (χ0) is 23.6. The van der Waals surface area contributed by atoms with E-state index in [-0.39, 0.29) is 19.1 Å². The second-order valence-corrected chi connectivity index (χ2v) is 8.70. The van der Waals surface area contributed by atoms with Crippen LogP contribution in [0.4, 0.5) is 4.39 Å². The molecule has 0 aliphatic heterocycles. The van der Waals surface area contributed by atoms with E-state index < -0.39 is 17.8 Å². The summed E-state index contributed by atoms with van der Waals surface area (Å²) >= 11 is 2.19. The van der Waals surface area contributed by atoms with Gasteiger partial charge in [-0.2, -0.15) is 0 Å². The molecule has 5 nitrogen and oxygen atoms in total. The third kappa shape index (κ3) is 7.28. The van der Waals surface area contributed by atoms with Crippen LogP contribution < -0.4 is 10.1 Å². The molecule has 0 bridgehead atoms. The lowest BCUT2D eigenvalue weighted by Crippen LogP contribution is -2.51. The highest BCUT2D eigenvalue weighted by atomic mass is 127. The lowest BCUT2D eigenvalue weighted by molar-refractivity contribution is -0.142. The molecule has 0 unspecified atom stereocenters. The standard InChI is InChI=1S/C26H26FIN2O3/c1-2-29-26(32)24(16-19-8-4-3-5-9-19)30(17-20-10-6-7-11-23(20)27)25(31)18-33-22-14-12-21(28)13-15-22/h3-15,24H,2,16-18H2,1H3,(H,29,32)/t24-/m0/s1. The number of hydrogen-bond acceptors (Lipinski definition) is 3. The van der Waals surface area contributed by atoms with Crippen LogP contribution in [0.25, 0.3) is 0 Å². The Labute approximate surface area is 207 Å². The summed E-state index contributed by atoms with van der Waals surface area (Å²) in [5.41, 5.74) is 1.24. The number of amides is 2. The molecule has 0 heterocycles. The average molecular weight is 560 g/mol. The largest absolute Gasteiger partial charge is 0.484 e. The quantitative estimate of drug-likeness (QED) is 0.370. The average Bonchev–Trinajstić information content (AvgIpc) is 2.82. The van der Waals surface area contributed by atoms with Gasteiger partial charge in [-0.05, 0) is 65.4 Å². The minimum atomic E-state index is -0.820. The van der Waals surface area contributed by atoms with Crippen molar-refractivity contribution in [3.63, 3.8) is 0 Å². The number of benzene rings is 3. The summed E-state index contributed by atoms with van der Waals surface area (Å²) in [4.78, 5) is 27.8. The number of ether oxygens (including phenoxy) is 1. The van der Waals surface area contributed by atoms with Crippen LogP contribution in [0.2, 0.25) is 0 Å². The Morgan fingerprint density at radius 2 is 1.67 bits per heavy atom. The lowest BCUT2D eigenvalue weighted by Gasteiger charge is -2.31. The van der Waals surface area contributed by atoms with Gasteiger partial charge in [-0.15, -0.1) is 0 Å². The van der Waals surface area contributed by atoms with E-state index in [1.165, 1.54) is 11.0 Å². The molecule has 2 amide bonds. The Kier molecular flexibility index (Phi) is 9.24. The second-order valence-electron chi connectivity index (χ2n) is 7.46. The van der Waals surface area contributed by atoms with Gasteiger partial charge >= 0.3 is 0 Å². The first-order chi connectivity index (χ1) is 16.0. The molecule has 0 saturated carbocycles. The summed E-state index contributed by atoms with van der Waals surface area (Å²) in [6, 6.07) is 22.2. The van der Waals surface area contributed by atoms with Gasteiger partial charge in [0.2, 0.25) is 5.91 Å². The number of nitrogens with zero attached hydrogens (tertiary/aromatic N) is 1. The summed E-state index contributed by atoms with van der Waals surface area (Å²) in [7, 11) is 0. The van der Waals surface area contributed by atoms with Crippen LogP contribution in [0.5, 0.6) is 5.75 Å². The highest BCUT2D eigenvalue weighted by Gasteiger charge is 2.31. The molecule has 3 aromatic rings. The van der Waals surface area contributed by atoms with Crippen molar-refractivity contribution in [2.75, 3.05) is 13.2 Å². The zero-order valence-corrected chi connectivity index (χ0v) is 20.5. The van der Waals surface area contributed by atoms with Gasteiger partial charge in [0, 0.05) is 28.6 Å². The van der Waals surface area contributed by atoms with E-state index in [9.17, 15) is 14.0 Å². The van der Waals surface area contributed by atoms with Gasteiger partial charge in [-0.3, -0.25) is 9.59 Å². The molecule has 0 saturated heterocycles. The van der Waals surface area contributed by atoms with Gasteiger partial charge in [0.1, 0.15) is 17.6 Å². The van der Waals surface area contributed by atoms with Crippen molar-refractivity contribution in [2.45, 2.75) is 25.9 Å². The van der Waals surface area contributed by atoms with Crippen LogP contribution >= 0.6 is 22.6 Å². The fraction of sp³-hybridized carbons (Fsp3) is 0.231. The SMILES string of the molecule is CCNC(=O)[C@H](Cc1ccccc1)N(Cc1ccccc1F)C(=O)COc1ccc(I)cc1. The maximum atomic E-state index is 14.5. The van der Waals surface area contributed by atoms with Crippen molar-refractivity contribution >= 4 is 34.4 Å². The van der Waals surface area contributed by atoms with Gasteiger partial charge in [0.25, 0.3) is 5.91 Å². The molecular weight excluding hydrogens is 534 g/mol. The van der Waals surface area contributed by atoms with E-state index in [2.05, 4.69) is 27.9 Å². The Bertz CT molecular complexity index is 1060. The molecule has 0 aliphatic carbocycles. The van der Waals surface area contributed by atoms with Crippen molar-refractivity contribution in [1.82, 2.24) is 10.2 Å². The number of carbonyl (C=O) groups is 2. The van der Waals surface area contributed by atoms with Crippen molar-refractivity contribution in [3.8, 4) is 5.75 Å². The van der Waals surface area contributed by atoms with E-state index in [4.69, 9.17) is 4.74 Å². The third-order valence-electron chi connectivity index (χ3n) is 5.10. The molecule has 7 heteroatoms. The van der Waals surface area contributed by atoms with Crippen LogP contribution in [0.15, 0.2) is 78.9 Å². The first-order valence-corrected chi connectivity index (χ1v) is 11.8. The fourth-order valence-corrected chi connectivity index (χ4v) is 3.77. The van der Waals surface area contributed by atoms with Crippen molar-refractivity contribution in [1.29, 1.82) is 0 Å². The van der Waals surface area contributed by atoms with Crippen molar-refractivity contribution in [2.24, 2.45) is 0 Å². The minimum absolute atomic E-state index is 0.0454. The molecule has 3 rings (SSSR count). The van der Waals surface area contributed by atoms with Crippen molar-refractivity contribution in [3.05, 3.63) is 99.4 Å². The van der Waals surface area contributed by atoms with E-state index in [0.29, 0.717) is 24.3 Å². The molecule has 33 heavy (non-hydrogen) atoms. The number of rotatable bonds is 10. The highest BCUT2D eigenvalue weighted by Crippen LogP contribution is 2.18. The topological polar surface area (TPSA) is 58.6 Å². The van der Waals surface area contributed by atoms with Gasteiger partial charge < -0.3 is 15.0 Å². The maximum absolute atomic E-state index is 14.5. The van der Waals surface area contributed by atoms with E-state index in [1.54, 1.807) is 30.3 Å². The Morgan fingerprint density at radius 1 is 1.00 bits per heavy atom. The monoisotopic (exact) mass is 560 g/mol. The molecule has 1 N–H and O–H groups in total. The van der Waals surface area contributed by atoms with Crippen LogP contribution in [0.1, 0.15) is 18.1 Å². The normalized spacial score (nSPS) is 11.5. The molecule has 0 radical (unpaired) electrons. The fourth-order valence-electron chi connectivity index (χ4n) is 3.41. The molecule has 172 valence electrons. The summed E-state index contributed by atoms with van der Waals surface area (Å²) < 4.78 is 21.2. The summed E-state index contributed by atoms with van der Waals surface area (Å²) in [5, 5.41) is 2.81. The van der Waals surface area contributed by atoms with Gasteiger partial charge in [0.05, 0.1) is 0 Å².